The minimum absolute atomic E-state index is 0.0704. The van der Waals surface area contributed by atoms with E-state index in [1.165, 1.54) is 0 Å². The molecule has 16 heavy (non-hydrogen) atoms. The van der Waals surface area contributed by atoms with Gasteiger partial charge in [0, 0.05) is 25.6 Å². The number of nitrogens with two attached hydrogens (primary N) is 1. The molecule has 0 aromatic rings. The standard InChI is InChI=1S/C12H24N2O2/c1-10(4-2-6-13)12(16)14-7-3-5-11(8-14)9-15/h10-11,15H,2-9,13H2,1H3. The first-order valence-corrected chi connectivity index (χ1v) is 6.28. The highest BCUT2D eigenvalue weighted by molar-refractivity contribution is 5.78. The second-order valence-electron chi connectivity index (χ2n) is 4.81. The lowest BCUT2D eigenvalue weighted by atomic mass is 9.96. The Balaban J connectivity index is 2.40. The summed E-state index contributed by atoms with van der Waals surface area (Å²) in [5.74, 6) is 0.576. The van der Waals surface area contributed by atoms with Crippen LogP contribution in [0.3, 0.4) is 0 Å². The maximum absolute atomic E-state index is 12.1. The Labute approximate surface area is 97.8 Å². The van der Waals surface area contributed by atoms with Crippen molar-refractivity contribution in [3.8, 4) is 0 Å². The Morgan fingerprint density at radius 2 is 2.38 bits per heavy atom. The number of carbonyl (C=O) groups is 1. The molecule has 1 aliphatic rings. The largest absolute Gasteiger partial charge is 0.396 e. The molecule has 4 heteroatoms. The zero-order valence-corrected chi connectivity index (χ0v) is 10.2. The summed E-state index contributed by atoms with van der Waals surface area (Å²) in [5, 5.41) is 9.12. The summed E-state index contributed by atoms with van der Waals surface area (Å²) in [5.41, 5.74) is 5.44. The van der Waals surface area contributed by atoms with Gasteiger partial charge in [-0.3, -0.25) is 4.79 Å². The zero-order chi connectivity index (χ0) is 12.0. The highest BCUT2D eigenvalue weighted by Gasteiger charge is 2.25. The SMILES string of the molecule is CC(CCCN)C(=O)N1CCCC(CO)C1. The Hall–Kier alpha value is -0.610. The van der Waals surface area contributed by atoms with E-state index in [1.54, 1.807) is 0 Å². The predicted molar refractivity (Wildman–Crippen MR) is 63.8 cm³/mol. The molecule has 1 amide bonds. The molecule has 1 heterocycles. The highest BCUT2D eigenvalue weighted by Crippen LogP contribution is 2.19. The molecule has 0 aliphatic carbocycles. The summed E-state index contributed by atoms with van der Waals surface area (Å²) in [6.07, 6.45) is 3.83. The van der Waals surface area contributed by atoms with Gasteiger partial charge in [-0.15, -0.1) is 0 Å². The van der Waals surface area contributed by atoms with Gasteiger partial charge in [-0.1, -0.05) is 6.92 Å². The molecule has 0 saturated carbocycles. The molecule has 0 spiro atoms. The third-order valence-corrected chi connectivity index (χ3v) is 3.35. The first kappa shape index (κ1) is 13.5. The number of nitrogens with zero attached hydrogens (tertiary/aromatic N) is 1. The van der Waals surface area contributed by atoms with E-state index in [0.717, 1.165) is 38.8 Å². The van der Waals surface area contributed by atoms with E-state index < -0.39 is 0 Å². The molecule has 0 radical (unpaired) electrons. The van der Waals surface area contributed by atoms with Crippen LogP contribution >= 0.6 is 0 Å². The molecule has 0 bridgehead atoms. The molecule has 0 aromatic heterocycles. The summed E-state index contributed by atoms with van der Waals surface area (Å²) in [6.45, 7) is 4.39. The van der Waals surface area contributed by atoms with Crippen molar-refractivity contribution >= 4 is 5.91 Å². The van der Waals surface area contributed by atoms with Crippen LogP contribution in [0.4, 0.5) is 0 Å². The number of hydrogen-bond donors (Lipinski definition) is 2. The smallest absolute Gasteiger partial charge is 0.225 e. The molecule has 1 rings (SSSR count). The van der Waals surface area contributed by atoms with E-state index >= 15 is 0 Å². The van der Waals surface area contributed by atoms with Crippen molar-refractivity contribution < 1.29 is 9.90 Å². The van der Waals surface area contributed by atoms with Gasteiger partial charge in [0.05, 0.1) is 0 Å². The summed E-state index contributed by atoms with van der Waals surface area (Å²) >= 11 is 0. The fourth-order valence-corrected chi connectivity index (χ4v) is 2.27. The normalized spacial score (nSPS) is 23.2. The molecule has 2 atom stereocenters. The van der Waals surface area contributed by atoms with Crippen LogP contribution in [0.1, 0.15) is 32.6 Å². The van der Waals surface area contributed by atoms with Gasteiger partial charge in [-0.05, 0) is 38.1 Å². The number of amides is 1. The van der Waals surface area contributed by atoms with Crippen LogP contribution in [-0.4, -0.2) is 42.2 Å². The van der Waals surface area contributed by atoms with Gasteiger partial charge in [-0.2, -0.15) is 0 Å². The third-order valence-electron chi connectivity index (χ3n) is 3.35. The van der Waals surface area contributed by atoms with Crippen LogP contribution < -0.4 is 5.73 Å². The zero-order valence-electron chi connectivity index (χ0n) is 10.2. The molecule has 94 valence electrons. The predicted octanol–water partition coefficient (Wildman–Crippen LogP) is 0.592. The van der Waals surface area contributed by atoms with E-state index in [4.69, 9.17) is 10.8 Å². The minimum Gasteiger partial charge on any atom is -0.396 e. The van der Waals surface area contributed by atoms with Crippen LogP contribution in [0.15, 0.2) is 0 Å². The lowest BCUT2D eigenvalue weighted by molar-refractivity contribution is -0.137. The van der Waals surface area contributed by atoms with Gasteiger partial charge < -0.3 is 15.7 Å². The Bertz CT molecular complexity index is 221. The number of aliphatic hydroxyl groups is 1. The Morgan fingerprint density at radius 3 is 3.00 bits per heavy atom. The molecule has 3 N–H and O–H groups in total. The van der Waals surface area contributed by atoms with Crippen molar-refractivity contribution in [3.63, 3.8) is 0 Å². The van der Waals surface area contributed by atoms with Crippen molar-refractivity contribution in [1.29, 1.82) is 0 Å². The topological polar surface area (TPSA) is 66.6 Å². The second kappa shape index (κ2) is 6.86. The Kier molecular flexibility index (Phi) is 5.77. The molecule has 1 saturated heterocycles. The molecule has 4 nitrogen and oxygen atoms in total. The average molecular weight is 228 g/mol. The monoisotopic (exact) mass is 228 g/mol. The molecule has 1 aliphatic heterocycles. The molecule has 1 fully saturated rings. The van der Waals surface area contributed by atoms with E-state index in [0.29, 0.717) is 6.54 Å². The summed E-state index contributed by atoms with van der Waals surface area (Å²) < 4.78 is 0. The third kappa shape index (κ3) is 3.76. The van der Waals surface area contributed by atoms with E-state index in [2.05, 4.69) is 0 Å². The average Bonchev–Trinajstić information content (AvgIpc) is 2.35. The van der Waals surface area contributed by atoms with Gasteiger partial charge in [-0.25, -0.2) is 0 Å². The number of rotatable bonds is 5. The maximum atomic E-state index is 12.1. The summed E-state index contributed by atoms with van der Waals surface area (Å²) in [4.78, 5) is 14.0. The fourth-order valence-electron chi connectivity index (χ4n) is 2.27. The van der Waals surface area contributed by atoms with E-state index in [1.807, 2.05) is 11.8 Å². The first-order chi connectivity index (χ1) is 7.69. The van der Waals surface area contributed by atoms with Gasteiger partial charge in [0.15, 0.2) is 0 Å². The lowest BCUT2D eigenvalue weighted by Gasteiger charge is -2.33. The molecule has 2 unspecified atom stereocenters. The molecule has 0 aromatic carbocycles. The molecular weight excluding hydrogens is 204 g/mol. The van der Waals surface area contributed by atoms with Crippen molar-refractivity contribution in [2.45, 2.75) is 32.6 Å². The van der Waals surface area contributed by atoms with Crippen LogP contribution in [0.5, 0.6) is 0 Å². The quantitative estimate of drug-likeness (QED) is 0.724. The lowest BCUT2D eigenvalue weighted by Crippen LogP contribution is -2.43. The van der Waals surface area contributed by atoms with Gasteiger partial charge in [0.25, 0.3) is 0 Å². The molecular formula is C12H24N2O2. The van der Waals surface area contributed by atoms with Crippen LogP contribution in [-0.2, 0) is 4.79 Å². The van der Waals surface area contributed by atoms with E-state index in [-0.39, 0.29) is 24.3 Å². The van der Waals surface area contributed by atoms with Crippen LogP contribution in [0, 0.1) is 11.8 Å². The van der Waals surface area contributed by atoms with Crippen molar-refractivity contribution in [1.82, 2.24) is 4.90 Å². The number of hydrogen-bond acceptors (Lipinski definition) is 3. The van der Waals surface area contributed by atoms with Crippen LogP contribution in [0.25, 0.3) is 0 Å². The Morgan fingerprint density at radius 1 is 1.62 bits per heavy atom. The first-order valence-electron chi connectivity index (χ1n) is 6.28. The second-order valence-corrected chi connectivity index (χ2v) is 4.81. The summed E-state index contributed by atoms with van der Waals surface area (Å²) in [7, 11) is 0. The fraction of sp³-hybridized carbons (Fsp3) is 0.917. The van der Waals surface area contributed by atoms with Gasteiger partial charge >= 0.3 is 0 Å². The van der Waals surface area contributed by atoms with Gasteiger partial charge in [0.1, 0.15) is 0 Å². The highest BCUT2D eigenvalue weighted by atomic mass is 16.3. The van der Waals surface area contributed by atoms with E-state index in [9.17, 15) is 4.79 Å². The summed E-state index contributed by atoms with van der Waals surface area (Å²) in [6, 6.07) is 0. The van der Waals surface area contributed by atoms with Gasteiger partial charge in [0.2, 0.25) is 5.91 Å². The number of likely N-dealkylation sites (tertiary alicyclic amines) is 1. The van der Waals surface area contributed by atoms with Crippen molar-refractivity contribution in [3.05, 3.63) is 0 Å². The van der Waals surface area contributed by atoms with Crippen LogP contribution in [0.2, 0.25) is 0 Å². The minimum atomic E-state index is 0.0704. The van der Waals surface area contributed by atoms with Crippen molar-refractivity contribution in [2.24, 2.45) is 17.6 Å². The number of carbonyl (C=O) groups excluding carboxylic acids is 1. The van der Waals surface area contributed by atoms with Crippen molar-refractivity contribution in [2.75, 3.05) is 26.2 Å². The maximum Gasteiger partial charge on any atom is 0.225 e. The number of aliphatic hydroxyl groups excluding tert-OH is 1. The number of piperidine rings is 1.